The maximum Gasteiger partial charge on any atom is 0.143 e. The largest absolute Gasteiger partial charge is 0.456 e. The van der Waals surface area contributed by atoms with Gasteiger partial charge in [-0.2, -0.15) is 0 Å². The topological polar surface area (TPSA) is 29.5 Å². The Bertz CT molecular complexity index is 2810. The molecule has 0 atom stereocenters. The van der Waals surface area contributed by atoms with E-state index in [1.807, 2.05) is 12.1 Å². The van der Waals surface area contributed by atoms with Crippen LogP contribution in [0.25, 0.3) is 76.9 Å². The molecule has 10 rings (SSSR count). The molecule has 0 unspecified atom stereocenters. The Labute approximate surface area is 282 Å². The van der Waals surface area contributed by atoms with E-state index in [2.05, 4.69) is 169 Å². The average Bonchev–Trinajstić information content (AvgIpc) is 3.75. The molecule has 0 amide bonds. The molecule has 3 heteroatoms. The van der Waals surface area contributed by atoms with E-state index in [0.29, 0.717) is 0 Å². The van der Waals surface area contributed by atoms with Crippen molar-refractivity contribution in [1.29, 1.82) is 0 Å². The Morgan fingerprint density at radius 3 is 1.57 bits per heavy atom. The van der Waals surface area contributed by atoms with Gasteiger partial charge < -0.3 is 13.7 Å². The first-order valence-corrected chi connectivity index (χ1v) is 16.6. The van der Waals surface area contributed by atoms with Crippen LogP contribution in [0.15, 0.2) is 185 Å². The molecule has 0 spiro atoms. The molecule has 0 aliphatic heterocycles. The molecular formula is C46H29NO2. The highest BCUT2D eigenvalue weighted by molar-refractivity contribution is 6.21. The number of rotatable bonds is 5. The summed E-state index contributed by atoms with van der Waals surface area (Å²) in [5, 5.41) is 6.61. The predicted octanol–water partition coefficient (Wildman–Crippen LogP) is 13.4. The number of fused-ring (bicyclic) bond motifs is 8. The van der Waals surface area contributed by atoms with Crippen molar-refractivity contribution in [3.63, 3.8) is 0 Å². The molecule has 10 aromatic rings. The molecule has 0 fully saturated rings. The van der Waals surface area contributed by atoms with Crippen LogP contribution in [0.4, 0.5) is 17.1 Å². The fourth-order valence-corrected chi connectivity index (χ4v) is 7.36. The molecule has 0 N–H and O–H groups in total. The van der Waals surface area contributed by atoms with Crippen LogP contribution < -0.4 is 4.90 Å². The first-order chi connectivity index (χ1) is 24.3. The maximum atomic E-state index is 6.64. The van der Waals surface area contributed by atoms with Gasteiger partial charge in [0.2, 0.25) is 0 Å². The summed E-state index contributed by atoms with van der Waals surface area (Å²) in [6.07, 6.45) is 0. The number of nitrogens with zero attached hydrogens (tertiary/aromatic N) is 1. The lowest BCUT2D eigenvalue weighted by Crippen LogP contribution is -2.10. The van der Waals surface area contributed by atoms with Crippen molar-refractivity contribution in [2.24, 2.45) is 0 Å². The average molecular weight is 628 g/mol. The van der Waals surface area contributed by atoms with Crippen molar-refractivity contribution in [3.8, 4) is 22.3 Å². The van der Waals surface area contributed by atoms with Gasteiger partial charge >= 0.3 is 0 Å². The molecule has 0 saturated carbocycles. The second-order valence-corrected chi connectivity index (χ2v) is 12.5. The van der Waals surface area contributed by atoms with E-state index < -0.39 is 0 Å². The minimum atomic E-state index is 0.855. The molecule has 0 aliphatic rings. The molecule has 8 aromatic carbocycles. The third-order valence-electron chi connectivity index (χ3n) is 9.68. The number of hydrogen-bond donors (Lipinski definition) is 0. The molecule has 230 valence electrons. The van der Waals surface area contributed by atoms with Crippen LogP contribution in [0.1, 0.15) is 0 Å². The van der Waals surface area contributed by atoms with Gasteiger partial charge in [-0.1, -0.05) is 127 Å². The van der Waals surface area contributed by atoms with Gasteiger partial charge in [-0.3, -0.25) is 0 Å². The summed E-state index contributed by atoms with van der Waals surface area (Å²) in [5.74, 6) is 0. The fourth-order valence-electron chi connectivity index (χ4n) is 7.36. The van der Waals surface area contributed by atoms with Crippen LogP contribution in [0.2, 0.25) is 0 Å². The van der Waals surface area contributed by atoms with Crippen LogP contribution in [-0.4, -0.2) is 0 Å². The van der Waals surface area contributed by atoms with Crippen LogP contribution in [0.3, 0.4) is 0 Å². The summed E-state index contributed by atoms with van der Waals surface area (Å²) in [5.41, 5.74) is 11.4. The first-order valence-electron chi connectivity index (χ1n) is 16.6. The molecular weight excluding hydrogens is 599 g/mol. The highest BCUT2D eigenvalue weighted by Crippen LogP contribution is 2.47. The molecule has 0 radical (unpaired) electrons. The Balaban J connectivity index is 1.18. The van der Waals surface area contributed by atoms with Crippen LogP contribution >= 0.6 is 0 Å². The van der Waals surface area contributed by atoms with E-state index in [9.17, 15) is 0 Å². The lowest BCUT2D eigenvalue weighted by molar-refractivity contribution is 0.669. The Hall–Kier alpha value is -6.58. The lowest BCUT2D eigenvalue weighted by Gasteiger charge is -2.27. The zero-order chi connectivity index (χ0) is 32.3. The zero-order valence-electron chi connectivity index (χ0n) is 26.5. The second kappa shape index (κ2) is 11.0. The lowest BCUT2D eigenvalue weighted by atomic mass is 9.99. The number of furan rings is 2. The van der Waals surface area contributed by atoms with E-state index in [-0.39, 0.29) is 0 Å². The van der Waals surface area contributed by atoms with Gasteiger partial charge in [0.05, 0.1) is 22.1 Å². The highest BCUT2D eigenvalue weighted by atomic mass is 16.3. The van der Waals surface area contributed by atoms with Gasteiger partial charge in [-0.25, -0.2) is 0 Å². The van der Waals surface area contributed by atoms with Crippen molar-refractivity contribution in [1.82, 2.24) is 0 Å². The van der Waals surface area contributed by atoms with Gasteiger partial charge in [0.15, 0.2) is 0 Å². The quantitative estimate of drug-likeness (QED) is 0.190. The fraction of sp³-hybridized carbons (Fsp3) is 0. The normalized spacial score (nSPS) is 11.7. The van der Waals surface area contributed by atoms with E-state index >= 15 is 0 Å². The van der Waals surface area contributed by atoms with E-state index in [0.717, 1.165) is 77.3 Å². The third kappa shape index (κ3) is 4.44. The van der Waals surface area contributed by atoms with Gasteiger partial charge in [0.1, 0.15) is 22.3 Å². The number of hydrogen-bond acceptors (Lipinski definition) is 3. The number of para-hydroxylation sites is 1. The second-order valence-electron chi connectivity index (χ2n) is 12.5. The van der Waals surface area contributed by atoms with Gasteiger partial charge in [0.25, 0.3) is 0 Å². The van der Waals surface area contributed by atoms with E-state index in [4.69, 9.17) is 8.83 Å². The minimum absolute atomic E-state index is 0.855. The Kier molecular flexibility index (Phi) is 6.18. The number of benzene rings is 8. The van der Waals surface area contributed by atoms with Crippen molar-refractivity contribution < 1.29 is 8.83 Å². The number of anilines is 3. The first kappa shape index (κ1) is 27.5. The van der Waals surface area contributed by atoms with Crippen molar-refractivity contribution in [2.45, 2.75) is 0 Å². The SMILES string of the molecule is c1ccc(-c2ccc(-c3ccc(N(c4cccc5oc6ccccc6c45)c4cccc5oc6c7ccccc7ccc6c45)cc3)cc2)cc1. The zero-order valence-corrected chi connectivity index (χ0v) is 26.5. The molecule has 0 bridgehead atoms. The summed E-state index contributed by atoms with van der Waals surface area (Å²) in [7, 11) is 0. The van der Waals surface area contributed by atoms with E-state index in [1.165, 1.54) is 16.7 Å². The van der Waals surface area contributed by atoms with Gasteiger partial charge in [-0.05, 0) is 76.2 Å². The minimum Gasteiger partial charge on any atom is -0.456 e. The summed E-state index contributed by atoms with van der Waals surface area (Å²) in [6, 6.07) is 62.0. The Morgan fingerprint density at radius 2 is 0.857 bits per heavy atom. The summed E-state index contributed by atoms with van der Waals surface area (Å²) < 4.78 is 13.0. The summed E-state index contributed by atoms with van der Waals surface area (Å²) in [6.45, 7) is 0. The van der Waals surface area contributed by atoms with Crippen LogP contribution in [0, 0.1) is 0 Å². The van der Waals surface area contributed by atoms with Crippen molar-refractivity contribution in [2.75, 3.05) is 4.90 Å². The molecule has 49 heavy (non-hydrogen) atoms. The summed E-state index contributed by atoms with van der Waals surface area (Å²) >= 11 is 0. The molecule has 2 aromatic heterocycles. The standard InChI is InChI=1S/C46H29NO2/c1-2-10-30(11-3-1)31-20-22-32(23-21-31)33-24-27-35(28-25-33)47(39-15-8-18-42-44(39)37-14-6-7-17-41(37)48-42)40-16-9-19-43-45(40)38-29-26-34-12-4-5-13-36(34)46(38)49-43/h1-29H. The molecule has 0 aliphatic carbocycles. The molecule has 0 saturated heterocycles. The molecule has 2 heterocycles. The van der Waals surface area contributed by atoms with Crippen LogP contribution in [-0.2, 0) is 0 Å². The van der Waals surface area contributed by atoms with Gasteiger partial charge in [0, 0.05) is 21.8 Å². The highest BCUT2D eigenvalue weighted by Gasteiger charge is 2.23. The van der Waals surface area contributed by atoms with Crippen LogP contribution in [0.5, 0.6) is 0 Å². The van der Waals surface area contributed by atoms with Crippen molar-refractivity contribution >= 4 is 71.7 Å². The van der Waals surface area contributed by atoms with Crippen molar-refractivity contribution in [3.05, 3.63) is 176 Å². The maximum absolute atomic E-state index is 6.64. The monoisotopic (exact) mass is 627 g/mol. The van der Waals surface area contributed by atoms with Gasteiger partial charge in [-0.15, -0.1) is 0 Å². The molecule has 3 nitrogen and oxygen atoms in total. The smallest absolute Gasteiger partial charge is 0.143 e. The predicted molar refractivity (Wildman–Crippen MR) is 204 cm³/mol. The Morgan fingerprint density at radius 1 is 0.327 bits per heavy atom. The summed E-state index contributed by atoms with van der Waals surface area (Å²) in [4.78, 5) is 2.36. The third-order valence-corrected chi connectivity index (χ3v) is 9.68. The van der Waals surface area contributed by atoms with E-state index in [1.54, 1.807) is 0 Å².